The van der Waals surface area contributed by atoms with Gasteiger partial charge < -0.3 is 19.0 Å². The van der Waals surface area contributed by atoms with E-state index in [0.29, 0.717) is 29.5 Å². The third-order valence-corrected chi connectivity index (χ3v) is 12.5. The van der Waals surface area contributed by atoms with E-state index in [1.54, 1.807) is 6.08 Å². The van der Waals surface area contributed by atoms with E-state index in [1.807, 2.05) is 13.8 Å². The third kappa shape index (κ3) is 8.10. The Kier molecular flexibility index (Phi) is 11.1. The summed E-state index contributed by atoms with van der Waals surface area (Å²) in [5.41, 5.74) is 1.89. The standard InChI is InChI=1S/C24H48O4Si/c1-10-13-21(25)16-23-17-22(27-24(8,9)28-23)14-11-12-15-26-29(18(2)3,19(4)5)20(6)7/h10,18-23,25H,1,11-17H2,2-9H3/t21-,22+,23-/m0/s1. The van der Waals surface area contributed by atoms with Crippen LogP contribution in [0, 0.1) is 0 Å². The molecule has 0 spiro atoms. The van der Waals surface area contributed by atoms with Crippen LogP contribution in [0.2, 0.25) is 16.6 Å². The molecule has 172 valence electrons. The number of aliphatic hydroxyl groups is 1. The minimum atomic E-state index is -1.76. The summed E-state index contributed by atoms with van der Waals surface area (Å²) < 4.78 is 18.9. The summed E-state index contributed by atoms with van der Waals surface area (Å²) in [5.74, 6) is -0.590. The molecule has 3 atom stereocenters. The Hall–Kier alpha value is -0.203. The second-order valence-electron chi connectivity index (χ2n) is 10.2. The summed E-state index contributed by atoms with van der Waals surface area (Å²) in [4.78, 5) is 0. The van der Waals surface area contributed by atoms with Crippen LogP contribution < -0.4 is 0 Å². The van der Waals surface area contributed by atoms with Gasteiger partial charge in [0.15, 0.2) is 14.1 Å². The molecular weight excluding hydrogens is 380 g/mol. The van der Waals surface area contributed by atoms with E-state index in [9.17, 15) is 5.11 Å². The Morgan fingerprint density at radius 2 is 1.59 bits per heavy atom. The molecule has 0 unspecified atom stereocenters. The molecular formula is C24H48O4Si. The molecule has 29 heavy (non-hydrogen) atoms. The van der Waals surface area contributed by atoms with E-state index in [1.165, 1.54) is 0 Å². The van der Waals surface area contributed by atoms with Crippen LogP contribution >= 0.6 is 0 Å². The molecule has 0 bridgehead atoms. The number of hydrogen-bond acceptors (Lipinski definition) is 4. The zero-order valence-corrected chi connectivity index (χ0v) is 21.4. The molecule has 1 fully saturated rings. The van der Waals surface area contributed by atoms with Crippen molar-refractivity contribution >= 4 is 8.32 Å². The SMILES string of the molecule is C=CC[C@H](O)C[C@H]1C[C@@H](CCCCO[Si](C(C)C)(C(C)C)C(C)C)OC(C)(C)O1. The Morgan fingerprint density at radius 3 is 2.10 bits per heavy atom. The first-order chi connectivity index (χ1) is 13.4. The fourth-order valence-corrected chi connectivity index (χ4v) is 10.9. The molecule has 1 aliphatic heterocycles. The summed E-state index contributed by atoms with van der Waals surface area (Å²) in [6, 6.07) is 0. The van der Waals surface area contributed by atoms with Crippen molar-refractivity contribution in [2.75, 3.05) is 6.61 Å². The third-order valence-electron chi connectivity index (χ3n) is 6.38. The molecule has 0 radical (unpaired) electrons. The van der Waals surface area contributed by atoms with Crippen LogP contribution in [0.25, 0.3) is 0 Å². The van der Waals surface area contributed by atoms with Gasteiger partial charge >= 0.3 is 0 Å². The van der Waals surface area contributed by atoms with Gasteiger partial charge in [0.1, 0.15) is 0 Å². The first-order valence-corrected chi connectivity index (χ1v) is 13.9. The maximum absolute atomic E-state index is 10.1. The lowest BCUT2D eigenvalue weighted by Gasteiger charge is -2.42. The minimum absolute atomic E-state index is 0.0397. The van der Waals surface area contributed by atoms with Crippen LogP contribution in [0.3, 0.4) is 0 Å². The normalized spacial score (nSPS) is 23.7. The summed E-state index contributed by atoms with van der Waals surface area (Å²) in [6.45, 7) is 22.5. The fraction of sp³-hybridized carbons (Fsp3) is 0.917. The molecule has 4 nitrogen and oxygen atoms in total. The number of rotatable bonds is 13. The molecule has 1 heterocycles. The first kappa shape index (κ1) is 26.8. The van der Waals surface area contributed by atoms with E-state index in [2.05, 4.69) is 48.1 Å². The quantitative estimate of drug-likeness (QED) is 0.204. The van der Waals surface area contributed by atoms with Crippen molar-refractivity contribution in [3.63, 3.8) is 0 Å². The van der Waals surface area contributed by atoms with Crippen molar-refractivity contribution in [2.45, 2.75) is 135 Å². The summed E-state index contributed by atoms with van der Waals surface area (Å²) in [5, 5.41) is 10.1. The molecule has 0 saturated carbocycles. The molecule has 0 aromatic rings. The van der Waals surface area contributed by atoms with Crippen LogP contribution in [-0.4, -0.2) is 44.1 Å². The lowest BCUT2D eigenvalue weighted by molar-refractivity contribution is -0.303. The maximum Gasteiger partial charge on any atom is 0.200 e. The van der Waals surface area contributed by atoms with Crippen LogP contribution in [0.4, 0.5) is 0 Å². The van der Waals surface area contributed by atoms with Crippen molar-refractivity contribution in [3.05, 3.63) is 12.7 Å². The van der Waals surface area contributed by atoms with Crippen LogP contribution in [0.1, 0.15) is 93.9 Å². The van der Waals surface area contributed by atoms with Crippen molar-refractivity contribution in [1.29, 1.82) is 0 Å². The summed E-state index contributed by atoms with van der Waals surface area (Å²) >= 11 is 0. The van der Waals surface area contributed by atoms with E-state index in [-0.39, 0.29) is 18.3 Å². The predicted molar refractivity (Wildman–Crippen MR) is 125 cm³/mol. The zero-order chi connectivity index (χ0) is 22.2. The second kappa shape index (κ2) is 12.0. The number of aliphatic hydroxyl groups excluding tert-OH is 1. The monoisotopic (exact) mass is 428 g/mol. The molecule has 0 aromatic heterocycles. The number of ether oxygens (including phenoxy) is 2. The van der Waals surface area contributed by atoms with Gasteiger partial charge in [0.25, 0.3) is 0 Å². The van der Waals surface area contributed by atoms with Gasteiger partial charge in [-0.15, -0.1) is 6.58 Å². The van der Waals surface area contributed by atoms with Gasteiger partial charge in [0.05, 0.1) is 18.3 Å². The Morgan fingerprint density at radius 1 is 1.03 bits per heavy atom. The van der Waals surface area contributed by atoms with Crippen molar-refractivity contribution in [3.8, 4) is 0 Å². The highest BCUT2D eigenvalue weighted by atomic mass is 28.4. The Balaban J connectivity index is 2.50. The van der Waals surface area contributed by atoms with E-state index in [0.717, 1.165) is 32.3 Å². The molecule has 1 N–H and O–H groups in total. The molecule has 5 heteroatoms. The molecule has 1 saturated heterocycles. The van der Waals surface area contributed by atoms with Gasteiger partial charge in [0.2, 0.25) is 0 Å². The fourth-order valence-electron chi connectivity index (χ4n) is 5.36. The smallest absolute Gasteiger partial charge is 0.200 e. The molecule has 0 aliphatic carbocycles. The summed E-state index contributed by atoms with van der Waals surface area (Å²) in [7, 11) is -1.76. The van der Waals surface area contributed by atoms with Crippen molar-refractivity contribution < 1.29 is 19.0 Å². The van der Waals surface area contributed by atoms with Gasteiger partial charge in [-0.05, 0) is 56.2 Å². The summed E-state index contributed by atoms with van der Waals surface area (Å²) in [6.07, 6.45) is 6.89. The molecule has 1 aliphatic rings. The molecule has 0 aromatic carbocycles. The topological polar surface area (TPSA) is 47.9 Å². The molecule has 1 rings (SSSR count). The minimum Gasteiger partial charge on any atom is -0.416 e. The van der Waals surface area contributed by atoms with Gasteiger partial charge in [-0.2, -0.15) is 0 Å². The Bertz CT molecular complexity index is 454. The lowest BCUT2D eigenvalue weighted by atomic mass is 9.98. The van der Waals surface area contributed by atoms with Gasteiger partial charge in [-0.25, -0.2) is 0 Å². The highest BCUT2D eigenvalue weighted by Crippen LogP contribution is 2.42. The van der Waals surface area contributed by atoms with E-state index in [4.69, 9.17) is 13.9 Å². The molecule has 0 amide bonds. The zero-order valence-electron chi connectivity index (χ0n) is 20.4. The van der Waals surface area contributed by atoms with Crippen molar-refractivity contribution in [1.82, 2.24) is 0 Å². The van der Waals surface area contributed by atoms with Crippen LogP contribution in [-0.2, 0) is 13.9 Å². The van der Waals surface area contributed by atoms with Crippen LogP contribution in [0.15, 0.2) is 12.7 Å². The van der Waals surface area contributed by atoms with Crippen molar-refractivity contribution in [2.24, 2.45) is 0 Å². The maximum atomic E-state index is 10.1. The first-order valence-electron chi connectivity index (χ1n) is 11.7. The number of unbranched alkanes of at least 4 members (excludes halogenated alkanes) is 1. The van der Waals surface area contributed by atoms with Crippen LogP contribution in [0.5, 0.6) is 0 Å². The highest BCUT2D eigenvalue weighted by molar-refractivity contribution is 6.77. The largest absolute Gasteiger partial charge is 0.416 e. The van der Waals surface area contributed by atoms with E-state index >= 15 is 0 Å². The lowest BCUT2D eigenvalue weighted by Crippen LogP contribution is -2.48. The average Bonchev–Trinajstić information content (AvgIpc) is 2.55. The number of hydrogen-bond donors (Lipinski definition) is 1. The van der Waals surface area contributed by atoms with Gasteiger partial charge in [-0.1, -0.05) is 47.6 Å². The predicted octanol–water partition coefficient (Wildman–Crippen LogP) is 6.59. The Labute approximate surface area is 181 Å². The van der Waals surface area contributed by atoms with E-state index < -0.39 is 14.1 Å². The average molecular weight is 429 g/mol. The van der Waals surface area contributed by atoms with Gasteiger partial charge in [0, 0.05) is 19.4 Å². The van der Waals surface area contributed by atoms with Gasteiger partial charge in [-0.3, -0.25) is 0 Å². The second-order valence-corrected chi connectivity index (χ2v) is 15.7. The highest BCUT2D eigenvalue weighted by Gasteiger charge is 2.44.